The summed E-state index contributed by atoms with van der Waals surface area (Å²) in [6.45, 7) is 3.67. The molecule has 0 amide bonds. The molecule has 19 heavy (non-hydrogen) atoms. The normalized spacial score (nSPS) is 12.7. The van der Waals surface area contributed by atoms with Crippen LogP contribution in [0.25, 0.3) is 10.9 Å². The summed E-state index contributed by atoms with van der Waals surface area (Å²) in [6, 6.07) is 4.65. The SMILES string of the molecule is CCOC(=O)C(O)c1cc2c(cc1F)cc(C)n2C. The van der Waals surface area contributed by atoms with E-state index in [0.29, 0.717) is 0 Å². The quantitative estimate of drug-likeness (QED) is 0.866. The summed E-state index contributed by atoms with van der Waals surface area (Å²) in [5, 5.41) is 10.6. The molecule has 0 radical (unpaired) electrons. The van der Waals surface area contributed by atoms with Crippen LogP contribution in [0.1, 0.15) is 24.3 Å². The summed E-state index contributed by atoms with van der Waals surface area (Å²) >= 11 is 0. The highest BCUT2D eigenvalue weighted by molar-refractivity contribution is 5.84. The van der Waals surface area contributed by atoms with Gasteiger partial charge in [0.15, 0.2) is 6.10 Å². The molecule has 1 atom stereocenters. The van der Waals surface area contributed by atoms with E-state index in [-0.39, 0.29) is 12.2 Å². The van der Waals surface area contributed by atoms with Crippen LogP contribution in [-0.2, 0) is 16.6 Å². The number of fused-ring (bicyclic) bond motifs is 1. The summed E-state index contributed by atoms with van der Waals surface area (Å²) in [5.41, 5.74) is 1.67. The monoisotopic (exact) mass is 265 g/mol. The van der Waals surface area contributed by atoms with Crippen molar-refractivity contribution in [1.82, 2.24) is 4.57 Å². The first kappa shape index (κ1) is 13.5. The minimum atomic E-state index is -1.60. The fraction of sp³-hybridized carbons (Fsp3) is 0.357. The van der Waals surface area contributed by atoms with Crippen LogP contribution in [-0.4, -0.2) is 22.2 Å². The lowest BCUT2D eigenvalue weighted by atomic mass is 10.1. The molecule has 0 bridgehead atoms. The summed E-state index contributed by atoms with van der Waals surface area (Å²) < 4.78 is 20.5. The molecule has 0 aliphatic carbocycles. The van der Waals surface area contributed by atoms with Crippen LogP contribution in [0.5, 0.6) is 0 Å². The van der Waals surface area contributed by atoms with Crippen molar-refractivity contribution < 1.29 is 19.0 Å². The Morgan fingerprint density at radius 1 is 1.47 bits per heavy atom. The molecule has 4 nitrogen and oxygen atoms in total. The van der Waals surface area contributed by atoms with Gasteiger partial charge in [-0.25, -0.2) is 9.18 Å². The van der Waals surface area contributed by atoms with Gasteiger partial charge in [0, 0.05) is 29.2 Å². The van der Waals surface area contributed by atoms with Gasteiger partial charge >= 0.3 is 5.97 Å². The molecule has 2 rings (SSSR count). The van der Waals surface area contributed by atoms with Crippen molar-refractivity contribution in [3.8, 4) is 0 Å². The third-order valence-corrected chi connectivity index (χ3v) is 3.21. The van der Waals surface area contributed by atoms with Crippen molar-refractivity contribution in [2.75, 3.05) is 6.61 Å². The predicted octanol–water partition coefficient (Wildman–Crippen LogP) is 2.22. The number of aromatic nitrogens is 1. The average molecular weight is 265 g/mol. The number of halogens is 1. The second kappa shape index (κ2) is 5.01. The number of ether oxygens (including phenoxy) is 1. The second-order valence-corrected chi connectivity index (χ2v) is 4.43. The Morgan fingerprint density at radius 2 is 2.16 bits per heavy atom. The van der Waals surface area contributed by atoms with Gasteiger partial charge in [0.1, 0.15) is 5.82 Å². The first-order valence-electron chi connectivity index (χ1n) is 6.06. The Labute approximate surface area is 110 Å². The first-order chi connectivity index (χ1) is 8.95. The Kier molecular flexibility index (Phi) is 3.57. The van der Waals surface area contributed by atoms with Gasteiger partial charge in [-0.3, -0.25) is 0 Å². The number of nitrogens with zero attached hydrogens (tertiary/aromatic N) is 1. The molecule has 1 unspecified atom stereocenters. The smallest absolute Gasteiger partial charge is 0.339 e. The van der Waals surface area contributed by atoms with E-state index in [2.05, 4.69) is 0 Å². The van der Waals surface area contributed by atoms with Gasteiger partial charge < -0.3 is 14.4 Å². The number of aliphatic hydroxyl groups excluding tert-OH is 1. The van der Waals surface area contributed by atoms with E-state index in [1.165, 1.54) is 12.1 Å². The number of hydrogen-bond donors (Lipinski definition) is 1. The second-order valence-electron chi connectivity index (χ2n) is 4.43. The van der Waals surface area contributed by atoms with Crippen LogP contribution in [0.4, 0.5) is 4.39 Å². The molecule has 0 fully saturated rings. The highest BCUT2D eigenvalue weighted by atomic mass is 19.1. The Morgan fingerprint density at radius 3 is 2.79 bits per heavy atom. The third-order valence-electron chi connectivity index (χ3n) is 3.21. The molecule has 0 spiro atoms. The number of carbonyl (C=O) groups is 1. The van der Waals surface area contributed by atoms with Crippen molar-refractivity contribution in [3.05, 3.63) is 35.3 Å². The summed E-state index contributed by atoms with van der Waals surface area (Å²) in [6.07, 6.45) is -1.60. The maximum Gasteiger partial charge on any atom is 0.339 e. The zero-order chi connectivity index (χ0) is 14.2. The topological polar surface area (TPSA) is 51.5 Å². The first-order valence-corrected chi connectivity index (χ1v) is 6.06. The number of carbonyl (C=O) groups excluding carboxylic acids is 1. The number of hydrogen-bond acceptors (Lipinski definition) is 3. The van der Waals surface area contributed by atoms with E-state index in [4.69, 9.17) is 4.74 Å². The molecule has 1 heterocycles. The van der Waals surface area contributed by atoms with E-state index in [0.717, 1.165) is 16.6 Å². The minimum Gasteiger partial charge on any atom is -0.464 e. The lowest BCUT2D eigenvalue weighted by Crippen LogP contribution is -2.16. The number of benzene rings is 1. The standard InChI is InChI=1S/C14H16FNO3/c1-4-19-14(18)13(17)10-7-12-9(6-11(10)15)5-8(2)16(12)3/h5-7,13,17H,4H2,1-3H3. The largest absolute Gasteiger partial charge is 0.464 e. The van der Waals surface area contributed by atoms with Crippen LogP contribution in [0.15, 0.2) is 18.2 Å². The fourth-order valence-corrected chi connectivity index (χ4v) is 2.07. The van der Waals surface area contributed by atoms with Crippen molar-refractivity contribution in [2.45, 2.75) is 20.0 Å². The highest BCUT2D eigenvalue weighted by Crippen LogP contribution is 2.26. The van der Waals surface area contributed by atoms with Crippen LogP contribution >= 0.6 is 0 Å². The molecule has 0 saturated carbocycles. The van der Waals surface area contributed by atoms with Gasteiger partial charge in [0.25, 0.3) is 0 Å². The Bertz CT molecular complexity index is 633. The maximum atomic E-state index is 13.9. The van der Waals surface area contributed by atoms with E-state index in [9.17, 15) is 14.3 Å². The van der Waals surface area contributed by atoms with Crippen LogP contribution in [0.3, 0.4) is 0 Å². The molecule has 0 aliphatic heterocycles. The lowest BCUT2D eigenvalue weighted by molar-refractivity contribution is -0.153. The van der Waals surface area contributed by atoms with Crippen LogP contribution in [0.2, 0.25) is 0 Å². The average Bonchev–Trinajstić information content (AvgIpc) is 2.63. The molecule has 0 aliphatic rings. The zero-order valence-electron chi connectivity index (χ0n) is 11.1. The molecular formula is C14H16FNO3. The van der Waals surface area contributed by atoms with Gasteiger partial charge in [-0.2, -0.15) is 0 Å². The predicted molar refractivity (Wildman–Crippen MR) is 69.2 cm³/mol. The number of aliphatic hydroxyl groups is 1. The summed E-state index contributed by atoms with van der Waals surface area (Å²) in [4.78, 5) is 11.5. The zero-order valence-corrected chi connectivity index (χ0v) is 11.1. The van der Waals surface area contributed by atoms with E-state index >= 15 is 0 Å². The molecule has 102 valence electrons. The number of rotatable bonds is 3. The van der Waals surface area contributed by atoms with Crippen LogP contribution in [0, 0.1) is 12.7 Å². The lowest BCUT2D eigenvalue weighted by Gasteiger charge is -2.11. The molecule has 5 heteroatoms. The maximum absolute atomic E-state index is 13.9. The number of aryl methyl sites for hydroxylation is 2. The van der Waals surface area contributed by atoms with Gasteiger partial charge in [-0.15, -0.1) is 0 Å². The van der Waals surface area contributed by atoms with Crippen molar-refractivity contribution >= 4 is 16.9 Å². The molecule has 1 aromatic heterocycles. The summed E-state index contributed by atoms with van der Waals surface area (Å²) in [5.74, 6) is -1.45. The number of esters is 1. The molecular weight excluding hydrogens is 249 g/mol. The molecule has 2 aromatic rings. The minimum absolute atomic E-state index is 0.0628. The van der Waals surface area contributed by atoms with Crippen molar-refractivity contribution in [1.29, 1.82) is 0 Å². The van der Waals surface area contributed by atoms with E-state index in [1.54, 1.807) is 6.92 Å². The van der Waals surface area contributed by atoms with E-state index in [1.807, 2.05) is 24.6 Å². The Hall–Kier alpha value is -1.88. The molecule has 1 N–H and O–H groups in total. The molecule has 1 aromatic carbocycles. The van der Waals surface area contributed by atoms with Crippen molar-refractivity contribution in [2.24, 2.45) is 7.05 Å². The Balaban J connectivity index is 2.51. The van der Waals surface area contributed by atoms with Gasteiger partial charge in [-0.05, 0) is 32.0 Å². The van der Waals surface area contributed by atoms with Gasteiger partial charge in [-0.1, -0.05) is 0 Å². The third kappa shape index (κ3) is 2.33. The fourth-order valence-electron chi connectivity index (χ4n) is 2.07. The van der Waals surface area contributed by atoms with Crippen LogP contribution < -0.4 is 0 Å². The van der Waals surface area contributed by atoms with E-state index < -0.39 is 17.9 Å². The van der Waals surface area contributed by atoms with Gasteiger partial charge in [0.05, 0.1) is 6.61 Å². The van der Waals surface area contributed by atoms with Gasteiger partial charge in [0.2, 0.25) is 0 Å². The summed E-state index contributed by atoms with van der Waals surface area (Å²) in [7, 11) is 1.84. The van der Waals surface area contributed by atoms with Crippen molar-refractivity contribution in [3.63, 3.8) is 0 Å². The highest BCUT2D eigenvalue weighted by Gasteiger charge is 2.23. The molecule has 0 saturated heterocycles.